The van der Waals surface area contributed by atoms with E-state index in [9.17, 15) is 17.2 Å². The Bertz CT molecular complexity index is 907. The van der Waals surface area contributed by atoms with Crippen LogP contribution in [0.4, 0.5) is 8.78 Å². The van der Waals surface area contributed by atoms with Crippen LogP contribution in [0.3, 0.4) is 0 Å². The quantitative estimate of drug-likeness (QED) is 0.654. The van der Waals surface area contributed by atoms with Gasteiger partial charge in [-0.2, -0.15) is 13.1 Å². The monoisotopic (exact) mass is 491 g/mol. The summed E-state index contributed by atoms with van der Waals surface area (Å²) in [6, 6.07) is 3.16. The van der Waals surface area contributed by atoms with Crippen molar-refractivity contribution in [3.8, 4) is 0 Å². The van der Waals surface area contributed by atoms with E-state index < -0.39 is 21.6 Å². The molecule has 5 rings (SSSR count). The van der Waals surface area contributed by atoms with Crippen molar-refractivity contribution in [3.63, 3.8) is 0 Å². The minimum Gasteiger partial charge on any atom is -0.380 e. The Morgan fingerprint density at radius 3 is 2.18 bits per heavy atom. The van der Waals surface area contributed by atoms with Crippen molar-refractivity contribution >= 4 is 10.0 Å². The molecule has 1 aromatic heterocycles. The Morgan fingerprint density at radius 1 is 1.18 bits per heavy atom. The van der Waals surface area contributed by atoms with Crippen molar-refractivity contribution in [1.29, 1.82) is 0 Å². The summed E-state index contributed by atoms with van der Waals surface area (Å²) < 4.78 is 58.7. The number of aryl methyl sites for hydroxylation is 1. The Labute approximate surface area is 200 Å². The smallest absolute Gasteiger partial charge is 0.286 e. The van der Waals surface area contributed by atoms with Crippen LogP contribution >= 0.6 is 0 Å². The van der Waals surface area contributed by atoms with Gasteiger partial charge in [0, 0.05) is 34.3 Å². The van der Waals surface area contributed by atoms with Crippen LogP contribution < -0.4 is 5.32 Å². The fourth-order valence-electron chi connectivity index (χ4n) is 5.41. The molecule has 3 heterocycles. The molecule has 4 aliphatic rings. The van der Waals surface area contributed by atoms with Crippen molar-refractivity contribution in [2.45, 2.75) is 76.7 Å². The number of rotatable bonds is 4. The van der Waals surface area contributed by atoms with E-state index in [1.807, 2.05) is 20.9 Å². The highest BCUT2D eigenvalue weighted by atomic mass is 32.2. The van der Waals surface area contributed by atoms with Crippen LogP contribution in [-0.4, -0.2) is 57.1 Å². The molecule has 2 atom stereocenters. The van der Waals surface area contributed by atoms with Gasteiger partial charge in [-0.3, -0.25) is 4.98 Å². The highest BCUT2D eigenvalue weighted by molar-refractivity contribution is 7.89. The highest BCUT2D eigenvalue weighted by Crippen LogP contribution is 2.46. The Balaban J connectivity index is 0.000000396. The summed E-state index contributed by atoms with van der Waals surface area (Å²) in [6.07, 6.45) is 6.00. The Kier molecular flexibility index (Phi) is 8.19. The third-order valence-corrected chi connectivity index (χ3v) is 9.35. The molecular weight excluding hydrogens is 448 g/mol. The van der Waals surface area contributed by atoms with E-state index in [4.69, 9.17) is 4.74 Å². The van der Waals surface area contributed by atoms with E-state index in [2.05, 4.69) is 10.3 Å². The van der Waals surface area contributed by atoms with Crippen LogP contribution in [0.25, 0.3) is 0 Å². The molecule has 0 radical (unpaired) electrons. The number of alkyl halides is 2. The number of nitrogens with zero attached hydrogens (tertiary/aromatic N) is 2. The number of pyridine rings is 1. The average Bonchev–Trinajstić information content (AvgIpc) is 3.30. The first-order valence-corrected chi connectivity index (χ1v) is 13.6. The molecule has 0 amide bonds. The molecule has 33 heavy (non-hydrogen) atoms. The second kappa shape index (κ2) is 10.2. The molecule has 1 aromatic rings. The Morgan fingerprint density at radius 2 is 1.76 bits per heavy atom. The summed E-state index contributed by atoms with van der Waals surface area (Å²) >= 11 is 0. The molecule has 192 valence electrons. The molecule has 0 aromatic carbocycles. The normalized spacial score (nSPS) is 26.4. The summed E-state index contributed by atoms with van der Waals surface area (Å²) in [7, 11) is -1.61. The van der Waals surface area contributed by atoms with Gasteiger partial charge in [-0.15, -0.1) is 0 Å². The number of fused-ring (bicyclic) bond motifs is 1. The first-order valence-electron chi connectivity index (χ1n) is 12.2. The first-order chi connectivity index (χ1) is 15.5. The summed E-state index contributed by atoms with van der Waals surface area (Å²) in [5, 5.41) is 3.27. The fourth-order valence-corrected chi connectivity index (χ4v) is 7.12. The minimum absolute atomic E-state index is 0. The van der Waals surface area contributed by atoms with E-state index in [1.54, 1.807) is 0 Å². The van der Waals surface area contributed by atoms with Gasteiger partial charge in [0.05, 0.1) is 18.9 Å². The van der Waals surface area contributed by atoms with Gasteiger partial charge in [-0.05, 0) is 63.6 Å². The van der Waals surface area contributed by atoms with E-state index in [0.29, 0.717) is 30.3 Å². The number of nitrogens with one attached hydrogen (secondary N) is 1. The van der Waals surface area contributed by atoms with Crippen LogP contribution in [0.1, 0.15) is 67.1 Å². The molecule has 2 saturated carbocycles. The van der Waals surface area contributed by atoms with Crippen LogP contribution in [0.2, 0.25) is 0 Å². The van der Waals surface area contributed by atoms with Gasteiger partial charge in [-0.1, -0.05) is 20.3 Å². The molecule has 6 nitrogen and oxygen atoms in total. The molecule has 0 bridgehead atoms. The predicted octanol–water partition coefficient (Wildman–Crippen LogP) is 4.83. The largest absolute Gasteiger partial charge is 0.380 e. The molecule has 2 aliphatic carbocycles. The number of halogens is 2. The third kappa shape index (κ3) is 5.57. The zero-order valence-electron chi connectivity index (χ0n) is 20.5. The highest BCUT2D eigenvalue weighted by Gasteiger charge is 2.49. The molecule has 9 heteroatoms. The molecule has 4 fully saturated rings. The van der Waals surface area contributed by atoms with Gasteiger partial charge in [-0.25, -0.2) is 8.42 Å². The second-order valence-corrected chi connectivity index (χ2v) is 11.7. The average molecular weight is 492 g/mol. The van der Waals surface area contributed by atoms with Crippen LogP contribution in [0, 0.1) is 24.2 Å². The number of hydrogen-bond donors (Lipinski definition) is 1. The summed E-state index contributed by atoms with van der Waals surface area (Å²) in [5.41, 5.74) is 0.367. The fraction of sp³-hybridized carbons (Fsp3) is 0.792. The maximum atomic E-state index is 13.3. The van der Waals surface area contributed by atoms with Gasteiger partial charge in [0.15, 0.2) is 0 Å². The van der Waals surface area contributed by atoms with Crippen molar-refractivity contribution < 1.29 is 24.8 Å². The van der Waals surface area contributed by atoms with Gasteiger partial charge < -0.3 is 10.1 Å². The molecule has 2 saturated heterocycles. The van der Waals surface area contributed by atoms with E-state index in [1.165, 1.54) is 36.6 Å². The summed E-state index contributed by atoms with van der Waals surface area (Å²) in [4.78, 5) is 3.84. The van der Waals surface area contributed by atoms with Crippen LogP contribution in [-0.2, 0) is 20.7 Å². The van der Waals surface area contributed by atoms with Crippen molar-refractivity contribution in [3.05, 3.63) is 23.5 Å². The Hall–Kier alpha value is -1.16. The number of aromatic nitrogens is 1. The molecular formula is C24H43F2N3O3S. The zero-order chi connectivity index (χ0) is 24.4. The lowest BCUT2D eigenvalue weighted by atomic mass is 9.64. The standard InChI is InChI=1S/C15H20F2N2O2S.C7H13NO.C2H6.2H2/c1-10-13(6-7-14(18-10)15(2,16)17)22(20,21)19-8-11-4-3-5-12(11)9-19;1-8-6-2-7(3-6)4-9-5-7;1-2;;/h6-7,11-12H,3-5,8-9H2,1-2H3;6,8H,2-5H2,1H3;1-2H3;2*1H. The molecule has 2 aliphatic heterocycles. The lowest BCUT2D eigenvalue weighted by molar-refractivity contribution is -0.166. The zero-order valence-corrected chi connectivity index (χ0v) is 21.4. The molecule has 1 N–H and O–H groups in total. The second-order valence-electron chi connectivity index (χ2n) is 9.83. The summed E-state index contributed by atoms with van der Waals surface area (Å²) in [6.45, 7) is 9.34. The summed E-state index contributed by atoms with van der Waals surface area (Å²) in [5.74, 6) is -2.18. The number of ether oxygens (including phenoxy) is 1. The van der Waals surface area contributed by atoms with Crippen molar-refractivity contribution in [2.75, 3.05) is 33.4 Å². The SMILES string of the molecule is CC.CNC1CC2(COC2)C1.Cc1nc(C(C)(F)F)ccc1S(=O)(=O)N1CC2CCCC2C1.[HH].[HH]. The van der Waals surface area contributed by atoms with Crippen molar-refractivity contribution in [2.24, 2.45) is 17.3 Å². The predicted molar refractivity (Wildman–Crippen MR) is 129 cm³/mol. The van der Waals surface area contributed by atoms with Gasteiger partial charge in [0.25, 0.3) is 5.92 Å². The molecule has 2 unspecified atom stereocenters. The number of sulfonamides is 1. The maximum Gasteiger partial charge on any atom is 0.286 e. The van der Waals surface area contributed by atoms with Gasteiger partial charge in [0.2, 0.25) is 10.0 Å². The van der Waals surface area contributed by atoms with E-state index in [0.717, 1.165) is 45.1 Å². The van der Waals surface area contributed by atoms with E-state index >= 15 is 0 Å². The van der Waals surface area contributed by atoms with Crippen LogP contribution in [0.15, 0.2) is 17.0 Å². The van der Waals surface area contributed by atoms with Gasteiger partial charge in [0.1, 0.15) is 10.6 Å². The van der Waals surface area contributed by atoms with Gasteiger partial charge >= 0.3 is 0 Å². The van der Waals surface area contributed by atoms with E-state index in [-0.39, 0.29) is 13.4 Å². The minimum atomic E-state index is -3.65. The first kappa shape index (κ1) is 26.4. The lowest BCUT2D eigenvalue weighted by Crippen LogP contribution is -2.57. The lowest BCUT2D eigenvalue weighted by Gasteiger charge is -2.53. The topological polar surface area (TPSA) is 71.5 Å². The third-order valence-electron chi connectivity index (χ3n) is 7.38. The maximum absolute atomic E-state index is 13.3. The van der Waals surface area contributed by atoms with Crippen molar-refractivity contribution in [1.82, 2.24) is 14.6 Å². The van der Waals surface area contributed by atoms with Crippen LogP contribution in [0.5, 0.6) is 0 Å². The number of hydrogen-bond acceptors (Lipinski definition) is 5. The molecule has 1 spiro atoms.